The van der Waals surface area contributed by atoms with Crippen LogP contribution in [0.2, 0.25) is 0 Å². The summed E-state index contributed by atoms with van der Waals surface area (Å²) in [5, 5.41) is 0. The number of carbonyl (C=O) groups is 1. The SMILES string of the molecule is O=C1CC(CCC(F)(F)CC(F)(F)F)O1. The molecule has 0 aromatic carbocycles. The van der Waals surface area contributed by atoms with E-state index in [1.165, 1.54) is 0 Å². The van der Waals surface area contributed by atoms with Gasteiger partial charge in [0.05, 0.1) is 6.42 Å². The lowest BCUT2D eigenvalue weighted by atomic mass is 10.0. The minimum absolute atomic E-state index is 0.0160. The van der Waals surface area contributed by atoms with Crippen molar-refractivity contribution in [1.29, 1.82) is 0 Å². The maximum Gasteiger partial charge on any atom is 0.394 e. The van der Waals surface area contributed by atoms with Crippen molar-refractivity contribution in [1.82, 2.24) is 0 Å². The third-order valence-corrected chi connectivity index (χ3v) is 1.98. The van der Waals surface area contributed by atoms with Crippen LogP contribution in [-0.4, -0.2) is 24.2 Å². The van der Waals surface area contributed by atoms with Crippen LogP contribution >= 0.6 is 0 Å². The number of ether oxygens (including phenoxy) is 1. The molecule has 88 valence electrons. The van der Waals surface area contributed by atoms with Crippen LogP contribution in [0.3, 0.4) is 0 Å². The summed E-state index contributed by atoms with van der Waals surface area (Å²) in [6, 6.07) is 0. The van der Waals surface area contributed by atoms with E-state index in [1.807, 2.05) is 0 Å². The molecular formula is C8H9F5O2. The molecule has 0 aromatic heterocycles. The average Bonchev–Trinajstić information content (AvgIpc) is 1.90. The zero-order valence-electron chi connectivity index (χ0n) is 7.61. The monoisotopic (exact) mass is 232 g/mol. The quantitative estimate of drug-likeness (QED) is 0.550. The molecule has 0 N–H and O–H groups in total. The Morgan fingerprint density at radius 2 is 1.80 bits per heavy atom. The number of hydrogen-bond donors (Lipinski definition) is 0. The van der Waals surface area contributed by atoms with Crippen molar-refractivity contribution < 1.29 is 31.5 Å². The Balaban J connectivity index is 2.27. The first-order chi connectivity index (χ1) is 6.68. The molecular weight excluding hydrogens is 223 g/mol. The summed E-state index contributed by atoms with van der Waals surface area (Å²) in [6.45, 7) is 0. The van der Waals surface area contributed by atoms with Crippen LogP contribution in [0.15, 0.2) is 0 Å². The Labute approximate surface area is 82.4 Å². The first-order valence-electron chi connectivity index (χ1n) is 4.32. The lowest BCUT2D eigenvalue weighted by molar-refractivity contribution is -0.194. The molecule has 1 aliphatic heterocycles. The summed E-state index contributed by atoms with van der Waals surface area (Å²) in [5.74, 6) is -4.28. The minimum atomic E-state index is -4.88. The molecule has 1 aliphatic rings. The molecule has 0 amide bonds. The highest BCUT2D eigenvalue weighted by atomic mass is 19.4. The van der Waals surface area contributed by atoms with Gasteiger partial charge < -0.3 is 4.74 Å². The Kier molecular flexibility index (Phi) is 3.20. The van der Waals surface area contributed by atoms with Crippen molar-refractivity contribution >= 4 is 5.97 Å². The highest BCUT2D eigenvalue weighted by Crippen LogP contribution is 2.36. The number of halogens is 5. The minimum Gasteiger partial charge on any atom is -0.462 e. The van der Waals surface area contributed by atoms with Crippen molar-refractivity contribution in [3.8, 4) is 0 Å². The van der Waals surface area contributed by atoms with Crippen LogP contribution in [-0.2, 0) is 9.53 Å². The molecule has 1 rings (SSSR count). The van der Waals surface area contributed by atoms with Gasteiger partial charge in [0.1, 0.15) is 12.5 Å². The average molecular weight is 232 g/mol. The number of carbonyl (C=O) groups excluding carboxylic acids is 1. The Morgan fingerprint density at radius 1 is 1.27 bits per heavy atom. The lowest BCUT2D eigenvalue weighted by Crippen LogP contribution is -2.35. The topological polar surface area (TPSA) is 26.3 Å². The van der Waals surface area contributed by atoms with E-state index < -0.39 is 37.0 Å². The van der Waals surface area contributed by atoms with Crippen molar-refractivity contribution in [2.24, 2.45) is 0 Å². The third kappa shape index (κ3) is 4.44. The standard InChI is InChI=1S/C8H9F5O2/c9-7(10,4-8(11,12)13)2-1-5-3-6(14)15-5/h5H,1-4H2. The third-order valence-electron chi connectivity index (χ3n) is 1.98. The largest absolute Gasteiger partial charge is 0.462 e. The zero-order chi connectivity index (χ0) is 11.7. The summed E-state index contributed by atoms with van der Waals surface area (Å²) in [5.41, 5.74) is 0. The molecule has 0 radical (unpaired) electrons. The summed E-state index contributed by atoms with van der Waals surface area (Å²) in [6.07, 6.45) is -8.77. The van der Waals surface area contributed by atoms with E-state index in [0.29, 0.717) is 0 Å². The smallest absolute Gasteiger partial charge is 0.394 e. The van der Waals surface area contributed by atoms with Gasteiger partial charge in [0.15, 0.2) is 0 Å². The van der Waals surface area contributed by atoms with E-state index in [4.69, 9.17) is 0 Å². The van der Waals surface area contributed by atoms with E-state index in [9.17, 15) is 26.7 Å². The maximum absolute atomic E-state index is 12.7. The molecule has 7 heteroatoms. The van der Waals surface area contributed by atoms with Gasteiger partial charge in [-0.25, -0.2) is 8.78 Å². The van der Waals surface area contributed by atoms with E-state index in [0.717, 1.165) is 0 Å². The molecule has 1 saturated heterocycles. The maximum atomic E-state index is 12.7. The van der Waals surface area contributed by atoms with Gasteiger partial charge in [0, 0.05) is 6.42 Å². The van der Waals surface area contributed by atoms with Crippen LogP contribution in [0.1, 0.15) is 25.7 Å². The molecule has 1 fully saturated rings. The fourth-order valence-corrected chi connectivity index (χ4v) is 1.28. The predicted octanol–water partition coefficient (Wildman–Crippen LogP) is 2.67. The summed E-state index contributed by atoms with van der Waals surface area (Å²) in [7, 11) is 0. The number of hydrogen-bond acceptors (Lipinski definition) is 2. The molecule has 1 heterocycles. The highest BCUT2D eigenvalue weighted by Gasteiger charge is 2.44. The molecule has 0 aromatic rings. The fourth-order valence-electron chi connectivity index (χ4n) is 1.28. The van der Waals surface area contributed by atoms with Gasteiger partial charge >= 0.3 is 12.1 Å². The number of esters is 1. The van der Waals surface area contributed by atoms with Gasteiger partial charge in [0.25, 0.3) is 5.92 Å². The number of cyclic esters (lactones) is 1. The second-order valence-corrected chi connectivity index (χ2v) is 3.50. The van der Waals surface area contributed by atoms with Gasteiger partial charge in [-0.2, -0.15) is 13.2 Å². The lowest BCUT2D eigenvalue weighted by Gasteiger charge is -2.27. The van der Waals surface area contributed by atoms with Crippen molar-refractivity contribution in [3.63, 3.8) is 0 Å². The van der Waals surface area contributed by atoms with Crippen molar-refractivity contribution in [2.75, 3.05) is 0 Å². The molecule has 15 heavy (non-hydrogen) atoms. The van der Waals surface area contributed by atoms with Crippen molar-refractivity contribution in [3.05, 3.63) is 0 Å². The number of alkyl halides is 5. The van der Waals surface area contributed by atoms with Gasteiger partial charge in [0.2, 0.25) is 0 Å². The predicted molar refractivity (Wildman–Crippen MR) is 39.4 cm³/mol. The van der Waals surface area contributed by atoms with Crippen LogP contribution in [0.5, 0.6) is 0 Å². The second kappa shape index (κ2) is 3.94. The molecule has 1 atom stereocenters. The first-order valence-corrected chi connectivity index (χ1v) is 4.32. The summed E-state index contributed by atoms with van der Waals surface area (Å²) < 4.78 is 64.8. The van der Waals surface area contributed by atoms with Crippen LogP contribution in [0.4, 0.5) is 22.0 Å². The molecule has 0 bridgehead atoms. The molecule has 2 nitrogen and oxygen atoms in total. The molecule has 1 unspecified atom stereocenters. The van der Waals surface area contributed by atoms with Crippen LogP contribution < -0.4 is 0 Å². The summed E-state index contributed by atoms with van der Waals surface area (Å²) in [4.78, 5) is 10.3. The van der Waals surface area contributed by atoms with Gasteiger partial charge in [-0.1, -0.05) is 0 Å². The molecule has 0 saturated carbocycles. The van der Waals surface area contributed by atoms with Gasteiger partial charge in [-0.05, 0) is 6.42 Å². The Morgan fingerprint density at radius 3 is 2.20 bits per heavy atom. The van der Waals surface area contributed by atoms with E-state index in [2.05, 4.69) is 4.74 Å². The van der Waals surface area contributed by atoms with Crippen molar-refractivity contribution in [2.45, 2.75) is 43.9 Å². The van der Waals surface area contributed by atoms with Gasteiger partial charge in [-0.3, -0.25) is 4.79 Å². The van der Waals surface area contributed by atoms with E-state index in [-0.39, 0.29) is 12.8 Å². The second-order valence-electron chi connectivity index (χ2n) is 3.50. The zero-order valence-corrected chi connectivity index (χ0v) is 7.61. The van der Waals surface area contributed by atoms with Crippen LogP contribution in [0.25, 0.3) is 0 Å². The Bertz CT molecular complexity index is 240. The normalized spacial score (nSPS) is 22.2. The van der Waals surface area contributed by atoms with E-state index >= 15 is 0 Å². The van der Waals surface area contributed by atoms with E-state index in [1.54, 1.807) is 0 Å². The van der Waals surface area contributed by atoms with Gasteiger partial charge in [-0.15, -0.1) is 0 Å². The molecule has 0 spiro atoms. The fraction of sp³-hybridized carbons (Fsp3) is 0.875. The Hall–Kier alpha value is -0.880. The van der Waals surface area contributed by atoms with Crippen LogP contribution in [0, 0.1) is 0 Å². The number of rotatable bonds is 4. The molecule has 0 aliphatic carbocycles. The highest BCUT2D eigenvalue weighted by molar-refractivity contribution is 5.75. The summed E-state index contributed by atoms with van der Waals surface area (Å²) >= 11 is 0. The first kappa shape index (κ1) is 12.2.